The topological polar surface area (TPSA) is 44.5 Å². The maximum Gasteiger partial charge on any atom is 0.457 e. The molecule has 3 nitrogen and oxygen atoms in total. The first-order chi connectivity index (χ1) is 8.14. The third kappa shape index (κ3) is 5.98. The third-order valence-corrected chi connectivity index (χ3v) is 4.47. The number of hydrogen-bond donors (Lipinski definition) is 1. The highest BCUT2D eigenvalue weighted by molar-refractivity contribution is 6.78. The van der Waals surface area contributed by atoms with Gasteiger partial charge >= 0.3 is 8.72 Å². The second-order valence-electron chi connectivity index (χ2n) is 3.61. The lowest BCUT2D eigenvalue weighted by Crippen LogP contribution is -2.62. The first kappa shape index (κ1) is 16.3. The number of hydrogen-bond acceptors (Lipinski definition) is 3. The molecule has 0 aliphatic carbocycles. The van der Waals surface area contributed by atoms with E-state index in [1.54, 1.807) is 0 Å². The lowest BCUT2D eigenvalue weighted by atomic mass is 10.4. The van der Waals surface area contributed by atoms with Gasteiger partial charge in [0.15, 0.2) is 0 Å². The van der Waals surface area contributed by atoms with E-state index in [-0.39, 0.29) is 0 Å². The van der Waals surface area contributed by atoms with Crippen molar-refractivity contribution in [3.8, 4) is 0 Å². The van der Waals surface area contributed by atoms with E-state index in [4.69, 9.17) is 14.3 Å². The molecule has 1 aromatic carbocycles. The molecule has 0 unspecified atom stereocenters. The van der Waals surface area contributed by atoms with Crippen molar-refractivity contribution in [3.05, 3.63) is 30.3 Å². The lowest BCUT2D eigenvalue weighted by molar-refractivity contribution is 0.197. The molecule has 0 fully saturated rings. The van der Waals surface area contributed by atoms with E-state index in [1.807, 2.05) is 44.2 Å². The predicted molar refractivity (Wildman–Crippen MR) is 75.2 cm³/mol. The van der Waals surface area contributed by atoms with E-state index in [9.17, 15) is 0 Å². The molecule has 0 aromatic heterocycles. The van der Waals surface area contributed by atoms with Gasteiger partial charge in [0.25, 0.3) is 0 Å². The molecule has 0 bridgehead atoms. The van der Waals surface area contributed by atoms with Gasteiger partial charge in [0.2, 0.25) is 0 Å². The van der Waals surface area contributed by atoms with Crippen LogP contribution in [-0.4, -0.2) is 21.9 Å². The minimum Gasteiger partial charge on any atom is -0.380 e. The van der Waals surface area contributed by atoms with Gasteiger partial charge in [0.05, 0.1) is 0 Å². The lowest BCUT2D eigenvalue weighted by Gasteiger charge is -2.24. The van der Waals surface area contributed by atoms with E-state index >= 15 is 0 Å². The minimum atomic E-state index is -2.63. The van der Waals surface area contributed by atoms with Crippen LogP contribution in [0.4, 0.5) is 0 Å². The van der Waals surface area contributed by atoms with Crippen molar-refractivity contribution in [1.82, 2.24) is 0 Å². The summed E-state index contributed by atoms with van der Waals surface area (Å²) in [7, 11) is -2.63. The quantitative estimate of drug-likeness (QED) is 0.821. The average Bonchev–Trinajstić information content (AvgIpc) is 2.32. The maximum absolute atomic E-state index is 6.13. The second-order valence-corrected chi connectivity index (χ2v) is 6.10. The van der Waals surface area contributed by atoms with Crippen LogP contribution < -0.4 is 10.6 Å². The molecule has 0 heterocycles. The van der Waals surface area contributed by atoms with Gasteiger partial charge in [-0.3, -0.25) is 0 Å². The van der Waals surface area contributed by atoms with Gasteiger partial charge in [-0.05, 0) is 13.8 Å². The van der Waals surface area contributed by atoms with Crippen LogP contribution in [0, 0.1) is 0 Å². The van der Waals surface area contributed by atoms with Crippen LogP contribution in [0.1, 0.15) is 34.1 Å². The Balaban J connectivity index is 0.000000770. The average molecular weight is 255 g/mol. The van der Waals surface area contributed by atoms with Crippen LogP contribution in [0.15, 0.2) is 30.3 Å². The van der Waals surface area contributed by atoms with Crippen LogP contribution in [0.3, 0.4) is 0 Å². The third-order valence-electron chi connectivity index (χ3n) is 1.89. The zero-order valence-corrected chi connectivity index (χ0v) is 12.4. The highest BCUT2D eigenvalue weighted by Crippen LogP contribution is 2.01. The molecular weight excluding hydrogens is 230 g/mol. The molecule has 0 amide bonds. The molecule has 0 aliphatic heterocycles. The molecule has 4 heteroatoms. The van der Waals surface area contributed by atoms with Crippen LogP contribution in [0.25, 0.3) is 0 Å². The summed E-state index contributed by atoms with van der Waals surface area (Å²) in [5.74, 6) is 0. The second kappa shape index (κ2) is 9.36. The molecular formula is C13H25NO2Si. The van der Waals surface area contributed by atoms with Gasteiger partial charge in [-0.1, -0.05) is 50.6 Å². The van der Waals surface area contributed by atoms with Crippen molar-refractivity contribution in [2.45, 2.75) is 34.1 Å². The Morgan fingerprint density at radius 3 is 1.71 bits per heavy atom. The summed E-state index contributed by atoms with van der Waals surface area (Å²) in [6, 6.07) is 9.76. The van der Waals surface area contributed by atoms with Gasteiger partial charge < -0.3 is 14.3 Å². The highest BCUT2D eigenvalue weighted by Gasteiger charge is 2.35. The molecule has 0 aliphatic rings. The zero-order valence-electron chi connectivity index (χ0n) is 11.4. The van der Waals surface area contributed by atoms with E-state index in [2.05, 4.69) is 13.8 Å². The number of benzene rings is 1. The Labute approximate surface area is 106 Å². The molecule has 1 aromatic rings. The zero-order chi connectivity index (χ0) is 13.1. The van der Waals surface area contributed by atoms with E-state index in [0.29, 0.717) is 13.2 Å². The molecule has 98 valence electrons. The standard InChI is InChI=1S/C10H17NO2Si.C3H8/c1-3-12-14(11,13-4-2)10-8-6-5-7-9-10;1-3-2/h5-9H,3-4,11H2,1-2H3;3H2,1-2H3. The Morgan fingerprint density at radius 2 is 1.35 bits per heavy atom. The monoisotopic (exact) mass is 255 g/mol. The maximum atomic E-state index is 6.13. The first-order valence-corrected chi connectivity index (χ1v) is 8.16. The molecule has 1 rings (SSSR count). The molecule has 17 heavy (non-hydrogen) atoms. The van der Waals surface area contributed by atoms with Crippen LogP contribution in [0.5, 0.6) is 0 Å². The van der Waals surface area contributed by atoms with Crippen molar-refractivity contribution in [1.29, 1.82) is 0 Å². The van der Waals surface area contributed by atoms with Crippen molar-refractivity contribution < 1.29 is 8.85 Å². The van der Waals surface area contributed by atoms with Crippen molar-refractivity contribution in [2.75, 3.05) is 13.2 Å². The van der Waals surface area contributed by atoms with Crippen LogP contribution >= 0.6 is 0 Å². The Bertz CT molecular complexity index is 274. The van der Waals surface area contributed by atoms with Crippen molar-refractivity contribution in [2.24, 2.45) is 5.40 Å². The summed E-state index contributed by atoms with van der Waals surface area (Å²) in [5, 5.41) is 7.11. The fraction of sp³-hybridized carbons (Fsp3) is 0.538. The minimum absolute atomic E-state index is 0.581. The normalized spacial score (nSPS) is 10.6. The summed E-state index contributed by atoms with van der Waals surface area (Å²) in [4.78, 5) is 0. The van der Waals surface area contributed by atoms with Crippen molar-refractivity contribution in [3.63, 3.8) is 0 Å². The molecule has 0 atom stereocenters. The molecule has 0 radical (unpaired) electrons. The molecule has 0 spiro atoms. The number of nitrogens with two attached hydrogens (primary N) is 1. The molecule has 0 saturated carbocycles. The first-order valence-electron chi connectivity index (χ1n) is 6.26. The smallest absolute Gasteiger partial charge is 0.380 e. The summed E-state index contributed by atoms with van der Waals surface area (Å²) >= 11 is 0. The highest BCUT2D eigenvalue weighted by atomic mass is 28.4. The van der Waals surface area contributed by atoms with Crippen LogP contribution in [-0.2, 0) is 8.85 Å². The van der Waals surface area contributed by atoms with Crippen LogP contribution in [0.2, 0.25) is 0 Å². The van der Waals surface area contributed by atoms with Gasteiger partial charge in [0, 0.05) is 18.4 Å². The Hall–Kier alpha value is -0.683. The fourth-order valence-corrected chi connectivity index (χ4v) is 3.24. The van der Waals surface area contributed by atoms with E-state index in [1.165, 1.54) is 6.42 Å². The number of rotatable bonds is 5. The van der Waals surface area contributed by atoms with E-state index in [0.717, 1.165) is 5.19 Å². The van der Waals surface area contributed by atoms with Gasteiger partial charge in [0.1, 0.15) is 0 Å². The summed E-state index contributed by atoms with van der Waals surface area (Å²) in [5.41, 5.74) is 0. The summed E-state index contributed by atoms with van der Waals surface area (Å²) in [6.07, 6.45) is 1.25. The van der Waals surface area contributed by atoms with Crippen molar-refractivity contribution >= 4 is 13.9 Å². The summed E-state index contributed by atoms with van der Waals surface area (Å²) in [6.45, 7) is 9.27. The van der Waals surface area contributed by atoms with Gasteiger partial charge in [-0.15, -0.1) is 0 Å². The van der Waals surface area contributed by atoms with Gasteiger partial charge in [-0.2, -0.15) is 0 Å². The molecule has 2 N–H and O–H groups in total. The Kier molecular flexibility index (Phi) is 8.98. The molecule has 0 saturated heterocycles. The SMILES string of the molecule is CCC.CCO[Si](N)(OCC)c1ccccc1. The Morgan fingerprint density at radius 1 is 0.941 bits per heavy atom. The largest absolute Gasteiger partial charge is 0.457 e. The summed E-state index contributed by atoms with van der Waals surface area (Å²) < 4.78 is 11.1. The predicted octanol–water partition coefficient (Wildman–Crippen LogP) is 2.28. The fourth-order valence-electron chi connectivity index (χ4n) is 1.31. The van der Waals surface area contributed by atoms with Gasteiger partial charge in [-0.25, -0.2) is 0 Å². The van der Waals surface area contributed by atoms with E-state index < -0.39 is 8.72 Å².